The van der Waals surface area contributed by atoms with Crippen molar-refractivity contribution in [2.45, 2.75) is 57.5 Å². The first-order chi connectivity index (χ1) is 9.52. The molecule has 0 saturated carbocycles. The third kappa shape index (κ3) is 14.1. The fourth-order valence-corrected chi connectivity index (χ4v) is 1.45. The second-order valence-corrected chi connectivity index (χ2v) is 4.29. The zero-order valence-electron chi connectivity index (χ0n) is 11.4. The van der Waals surface area contributed by atoms with Crippen molar-refractivity contribution < 1.29 is 24.9 Å². The lowest BCUT2D eigenvalue weighted by Crippen LogP contribution is -2.05. The van der Waals surface area contributed by atoms with Crippen LogP contribution in [-0.2, 0) is 9.59 Å². The molecule has 5 nitrogen and oxygen atoms in total. The first-order valence-electron chi connectivity index (χ1n) is 6.55. The minimum absolute atomic E-state index is 0.141. The van der Waals surface area contributed by atoms with Gasteiger partial charge in [0.25, 0.3) is 0 Å². The number of hydrogen-bond donors (Lipinski definition) is 3. The summed E-state index contributed by atoms with van der Waals surface area (Å²) in [5, 5.41) is 26.4. The van der Waals surface area contributed by atoms with E-state index < -0.39 is 18.0 Å². The molecule has 0 radical (unpaired) electrons. The molecule has 0 amide bonds. The Morgan fingerprint density at radius 2 is 1.20 bits per heavy atom. The maximum Gasteiger partial charge on any atom is 0.315 e. The normalized spacial score (nSPS) is 9.30. The summed E-state index contributed by atoms with van der Waals surface area (Å²) in [4.78, 5) is 20.4. The maximum atomic E-state index is 10.2. The Morgan fingerprint density at radius 1 is 0.800 bits per heavy atom. The average molecular weight is 280 g/mol. The number of aliphatic carboxylic acids is 2. The lowest BCUT2D eigenvalue weighted by molar-refractivity contribution is -0.136. The Morgan fingerprint density at radius 3 is 1.55 bits per heavy atom. The van der Waals surface area contributed by atoms with Gasteiger partial charge in [-0.2, -0.15) is 0 Å². The van der Waals surface area contributed by atoms with Gasteiger partial charge in [0.1, 0.15) is 12.8 Å². The van der Waals surface area contributed by atoms with Crippen LogP contribution in [0, 0.1) is 23.7 Å². The molecule has 20 heavy (non-hydrogen) atoms. The smallest absolute Gasteiger partial charge is 0.315 e. The highest BCUT2D eigenvalue weighted by Crippen LogP contribution is 2.07. The largest absolute Gasteiger partial charge is 0.481 e. The number of aliphatic hydroxyl groups excluding tert-OH is 1. The number of carboxylic acids is 2. The molecule has 5 heteroatoms. The second kappa shape index (κ2) is 12.1. The van der Waals surface area contributed by atoms with E-state index in [9.17, 15) is 14.7 Å². The molecule has 0 atom stereocenters. The van der Waals surface area contributed by atoms with E-state index in [0.717, 1.165) is 12.8 Å². The van der Waals surface area contributed by atoms with Gasteiger partial charge in [0.15, 0.2) is 0 Å². The predicted molar refractivity (Wildman–Crippen MR) is 73.8 cm³/mol. The van der Waals surface area contributed by atoms with Crippen molar-refractivity contribution in [3.05, 3.63) is 0 Å². The minimum Gasteiger partial charge on any atom is -0.481 e. The van der Waals surface area contributed by atoms with Crippen molar-refractivity contribution in [2.24, 2.45) is 0 Å². The molecule has 0 aromatic carbocycles. The molecule has 0 aliphatic carbocycles. The molecule has 0 aromatic heterocycles. The van der Waals surface area contributed by atoms with E-state index in [1.165, 1.54) is 0 Å². The van der Waals surface area contributed by atoms with Gasteiger partial charge in [-0.05, 0) is 25.7 Å². The fraction of sp³-hybridized carbons (Fsp3) is 0.600. The van der Waals surface area contributed by atoms with Gasteiger partial charge < -0.3 is 15.3 Å². The van der Waals surface area contributed by atoms with E-state index in [2.05, 4.69) is 23.7 Å². The van der Waals surface area contributed by atoms with Crippen molar-refractivity contribution in [2.75, 3.05) is 0 Å². The summed E-state index contributed by atoms with van der Waals surface area (Å²) < 4.78 is 0. The SMILES string of the molecule is O=C(O)CC#CCCCC(O)CCCC#CCC(=O)O. The van der Waals surface area contributed by atoms with Crippen LogP contribution in [0.1, 0.15) is 51.4 Å². The lowest BCUT2D eigenvalue weighted by atomic mass is 10.1. The van der Waals surface area contributed by atoms with E-state index in [1.807, 2.05) is 0 Å². The van der Waals surface area contributed by atoms with Crippen molar-refractivity contribution in [1.29, 1.82) is 0 Å². The predicted octanol–water partition coefficient (Wildman–Crippen LogP) is 1.64. The standard InChI is InChI=1S/C15H20O5/c16-13(9-5-1-3-7-11-14(17)18)10-6-2-4-8-12-15(19)20/h13,16H,1-2,5-6,9-12H2,(H,17,18)(H,19,20). The molecular weight excluding hydrogens is 260 g/mol. The Hall–Kier alpha value is -1.98. The van der Waals surface area contributed by atoms with Gasteiger partial charge in [0.2, 0.25) is 0 Å². The average Bonchev–Trinajstić information content (AvgIpc) is 2.37. The number of unbranched alkanes of at least 4 members (excludes halogenated alkanes) is 2. The highest BCUT2D eigenvalue weighted by Gasteiger charge is 2.02. The summed E-state index contributed by atoms with van der Waals surface area (Å²) in [6.45, 7) is 0. The highest BCUT2D eigenvalue weighted by molar-refractivity contribution is 5.70. The second-order valence-electron chi connectivity index (χ2n) is 4.29. The summed E-state index contributed by atoms with van der Waals surface area (Å²) in [7, 11) is 0. The van der Waals surface area contributed by atoms with Crippen molar-refractivity contribution in [3.8, 4) is 23.7 Å². The van der Waals surface area contributed by atoms with Crippen LogP contribution in [0.15, 0.2) is 0 Å². The van der Waals surface area contributed by atoms with Gasteiger partial charge >= 0.3 is 11.9 Å². The molecule has 0 fully saturated rings. The molecule has 0 aliphatic heterocycles. The zero-order chi connectivity index (χ0) is 15.2. The van der Waals surface area contributed by atoms with Crippen LogP contribution in [0.25, 0.3) is 0 Å². The molecule has 0 spiro atoms. The molecule has 110 valence electrons. The molecular formula is C15H20O5. The maximum absolute atomic E-state index is 10.2. The summed E-state index contributed by atoms with van der Waals surface area (Å²) in [6.07, 6.45) is 3.21. The van der Waals surface area contributed by atoms with Crippen LogP contribution in [0.4, 0.5) is 0 Å². The van der Waals surface area contributed by atoms with Gasteiger partial charge in [-0.25, -0.2) is 0 Å². The number of carboxylic acid groups (broad SMARTS) is 2. The van der Waals surface area contributed by atoms with Gasteiger partial charge in [0, 0.05) is 12.8 Å². The van der Waals surface area contributed by atoms with Crippen LogP contribution in [0.5, 0.6) is 0 Å². The third-order valence-corrected chi connectivity index (χ3v) is 2.41. The van der Waals surface area contributed by atoms with E-state index >= 15 is 0 Å². The van der Waals surface area contributed by atoms with Gasteiger partial charge in [-0.1, -0.05) is 11.8 Å². The van der Waals surface area contributed by atoms with E-state index in [4.69, 9.17) is 10.2 Å². The van der Waals surface area contributed by atoms with E-state index in [1.54, 1.807) is 0 Å². The van der Waals surface area contributed by atoms with Gasteiger partial charge in [-0.15, -0.1) is 11.8 Å². The van der Waals surface area contributed by atoms with E-state index in [0.29, 0.717) is 25.7 Å². The van der Waals surface area contributed by atoms with Crippen LogP contribution in [0.2, 0.25) is 0 Å². The van der Waals surface area contributed by atoms with Crippen LogP contribution >= 0.6 is 0 Å². The molecule has 0 heterocycles. The summed E-state index contributed by atoms with van der Waals surface area (Å²) >= 11 is 0. The molecule has 3 N–H and O–H groups in total. The van der Waals surface area contributed by atoms with Crippen LogP contribution in [0.3, 0.4) is 0 Å². The number of rotatable bonds is 8. The van der Waals surface area contributed by atoms with Crippen molar-refractivity contribution >= 4 is 11.9 Å². The number of carbonyl (C=O) groups is 2. The Kier molecular flexibility index (Phi) is 10.9. The van der Waals surface area contributed by atoms with Gasteiger partial charge in [0.05, 0.1) is 6.10 Å². The lowest BCUT2D eigenvalue weighted by Gasteiger charge is -2.07. The topological polar surface area (TPSA) is 94.8 Å². The van der Waals surface area contributed by atoms with Gasteiger partial charge in [-0.3, -0.25) is 9.59 Å². The van der Waals surface area contributed by atoms with Crippen molar-refractivity contribution in [3.63, 3.8) is 0 Å². The fourth-order valence-electron chi connectivity index (χ4n) is 1.45. The minimum atomic E-state index is -0.929. The third-order valence-electron chi connectivity index (χ3n) is 2.41. The summed E-state index contributed by atoms with van der Waals surface area (Å²) in [6, 6.07) is 0. The zero-order valence-corrected chi connectivity index (χ0v) is 11.4. The monoisotopic (exact) mass is 280 g/mol. The Balaban J connectivity index is 3.50. The molecule has 0 bridgehead atoms. The molecule has 0 rings (SSSR count). The molecule has 0 saturated heterocycles. The van der Waals surface area contributed by atoms with Crippen LogP contribution < -0.4 is 0 Å². The van der Waals surface area contributed by atoms with Crippen LogP contribution in [-0.4, -0.2) is 33.4 Å². The summed E-state index contributed by atoms with van der Waals surface area (Å²) in [5.74, 6) is 8.71. The first-order valence-corrected chi connectivity index (χ1v) is 6.55. The summed E-state index contributed by atoms with van der Waals surface area (Å²) in [5.41, 5.74) is 0. The van der Waals surface area contributed by atoms with E-state index in [-0.39, 0.29) is 12.8 Å². The first kappa shape index (κ1) is 18.0. The highest BCUT2D eigenvalue weighted by atomic mass is 16.4. The molecule has 0 unspecified atom stereocenters. The quantitative estimate of drug-likeness (QED) is 0.464. The van der Waals surface area contributed by atoms with Crippen molar-refractivity contribution in [1.82, 2.24) is 0 Å². The Labute approximate surface area is 119 Å². The number of hydrogen-bond acceptors (Lipinski definition) is 3. The Bertz CT molecular complexity index is 379. The number of aliphatic hydroxyl groups is 1. The molecule has 0 aliphatic rings. The molecule has 0 aromatic rings.